The summed E-state index contributed by atoms with van der Waals surface area (Å²) in [5.41, 5.74) is 3.18. The maximum atomic E-state index is 12.1. The van der Waals surface area contributed by atoms with E-state index in [1.807, 2.05) is 61.0 Å². The van der Waals surface area contributed by atoms with Crippen molar-refractivity contribution in [3.63, 3.8) is 0 Å². The van der Waals surface area contributed by atoms with Crippen LogP contribution in [0.25, 0.3) is 28.9 Å². The maximum absolute atomic E-state index is 12.1. The smallest absolute Gasteiger partial charge is 0.330 e. The van der Waals surface area contributed by atoms with Crippen molar-refractivity contribution in [3.05, 3.63) is 72.1 Å². The van der Waals surface area contributed by atoms with Crippen LogP contribution in [0.15, 0.2) is 60.9 Å². The van der Waals surface area contributed by atoms with E-state index in [9.17, 15) is 9.59 Å². The van der Waals surface area contributed by atoms with Crippen LogP contribution in [0.2, 0.25) is 0 Å². The Morgan fingerprint density at radius 3 is 2.06 bits per heavy atom. The molecule has 2 heterocycles. The van der Waals surface area contributed by atoms with Crippen LogP contribution >= 0.6 is 0 Å². The van der Waals surface area contributed by atoms with Crippen molar-refractivity contribution in [1.29, 1.82) is 0 Å². The summed E-state index contributed by atoms with van der Waals surface area (Å²) < 4.78 is 12.4. The van der Waals surface area contributed by atoms with E-state index in [0.717, 1.165) is 53.5 Å². The highest BCUT2D eigenvalue weighted by molar-refractivity contribution is 5.91. The number of carbonyl (C=O) groups excluding carboxylic acids is 2. The number of fused-ring (bicyclic) bond motifs is 1. The van der Waals surface area contributed by atoms with Gasteiger partial charge in [0.15, 0.2) is 0 Å². The first kappa shape index (κ1) is 24.0. The number of rotatable bonds is 11. The highest BCUT2D eigenvalue weighted by atomic mass is 16.5. The Morgan fingerprint density at radius 1 is 0.879 bits per heavy atom. The molecule has 0 saturated heterocycles. The van der Waals surface area contributed by atoms with Gasteiger partial charge in [0.2, 0.25) is 0 Å². The van der Waals surface area contributed by atoms with E-state index >= 15 is 0 Å². The van der Waals surface area contributed by atoms with Crippen LogP contribution in [-0.4, -0.2) is 34.7 Å². The van der Waals surface area contributed by atoms with Crippen molar-refractivity contribution >= 4 is 35.1 Å². The molecular formula is C27H30N2O4. The third-order valence-electron chi connectivity index (χ3n) is 5.07. The van der Waals surface area contributed by atoms with E-state index in [4.69, 9.17) is 9.47 Å². The van der Waals surface area contributed by atoms with Gasteiger partial charge in [-0.05, 0) is 54.3 Å². The molecule has 1 aromatic carbocycles. The van der Waals surface area contributed by atoms with Crippen molar-refractivity contribution in [2.24, 2.45) is 0 Å². The number of hydrogen-bond donors (Lipinski definition) is 0. The summed E-state index contributed by atoms with van der Waals surface area (Å²) in [5.74, 6) is -0.768. The largest absolute Gasteiger partial charge is 0.463 e. The van der Waals surface area contributed by atoms with Crippen LogP contribution in [0.3, 0.4) is 0 Å². The van der Waals surface area contributed by atoms with Crippen LogP contribution in [-0.2, 0) is 19.1 Å². The fraction of sp³-hybridized carbons (Fsp3) is 0.296. The van der Waals surface area contributed by atoms with E-state index in [0.29, 0.717) is 13.2 Å². The fourth-order valence-corrected chi connectivity index (χ4v) is 3.32. The van der Waals surface area contributed by atoms with E-state index in [1.54, 1.807) is 18.3 Å². The number of para-hydroxylation sites is 1. The summed E-state index contributed by atoms with van der Waals surface area (Å²) in [6.45, 7) is 4.90. The molecule has 0 bridgehead atoms. The minimum absolute atomic E-state index is 0.384. The molecule has 0 unspecified atom stereocenters. The Kier molecular flexibility index (Phi) is 9.00. The van der Waals surface area contributed by atoms with Gasteiger partial charge in [-0.3, -0.25) is 0 Å². The molecule has 0 saturated carbocycles. The quantitative estimate of drug-likeness (QED) is 0.213. The van der Waals surface area contributed by atoms with Crippen LogP contribution in [0.5, 0.6) is 0 Å². The average Bonchev–Trinajstić information content (AvgIpc) is 3.25. The number of esters is 2. The predicted molar refractivity (Wildman–Crippen MR) is 131 cm³/mol. The van der Waals surface area contributed by atoms with Crippen molar-refractivity contribution in [2.45, 2.75) is 39.5 Å². The SMILES string of the molecule is CCCCOC(=O)/C=C/c1cccc(/C=C/C(=O)OCCCC)c1-n1ccc2cccnc21. The normalized spacial score (nSPS) is 11.5. The number of ether oxygens (including phenoxy) is 2. The number of nitrogens with zero attached hydrogens (tertiary/aromatic N) is 2. The number of pyridine rings is 1. The summed E-state index contributed by atoms with van der Waals surface area (Å²) in [6, 6.07) is 11.6. The second-order valence-corrected chi connectivity index (χ2v) is 7.60. The molecule has 3 rings (SSSR count). The second-order valence-electron chi connectivity index (χ2n) is 7.60. The van der Waals surface area contributed by atoms with Crippen LogP contribution in [0.1, 0.15) is 50.7 Å². The molecule has 6 heteroatoms. The van der Waals surface area contributed by atoms with Crippen molar-refractivity contribution in [3.8, 4) is 5.69 Å². The standard InChI is InChI=1S/C27H30N2O4/c1-3-5-19-32-24(30)14-12-21-9-7-10-22(13-15-25(31)33-20-6-4-2)26(21)29-18-16-23-11-8-17-28-27(23)29/h7-18H,3-6,19-20H2,1-2H3/b14-12+,15-13+. The fourth-order valence-electron chi connectivity index (χ4n) is 3.32. The molecule has 3 aromatic rings. The van der Waals surface area contributed by atoms with Crippen molar-refractivity contribution in [2.75, 3.05) is 13.2 Å². The lowest BCUT2D eigenvalue weighted by Gasteiger charge is -2.13. The predicted octanol–water partition coefficient (Wildman–Crippen LogP) is 5.74. The molecular weight excluding hydrogens is 416 g/mol. The summed E-state index contributed by atoms with van der Waals surface area (Å²) in [7, 11) is 0. The molecule has 172 valence electrons. The van der Waals surface area contributed by atoms with Gasteiger partial charge in [-0.15, -0.1) is 0 Å². The molecule has 0 aliphatic rings. The number of hydrogen-bond acceptors (Lipinski definition) is 5. The first-order chi connectivity index (χ1) is 16.1. The lowest BCUT2D eigenvalue weighted by Crippen LogP contribution is -2.04. The van der Waals surface area contributed by atoms with E-state index in [-0.39, 0.29) is 11.9 Å². The molecule has 0 amide bonds. The van der Waals surface area contributed by atoms with E-state index in [1.165, 1.54) is 12.2 Å². The first-order valence-electron chi connectivity index (χ1n) is 11.4. The molecule has 2 aromatic heterocycles. The Morgan fingerprint density at radius 2 is 1.48 bits per heavy atom. The van der Waals surface area contributed by atoms with Gasteiger partial charge in [-0.2, -0.15) is 0 Å². The summed E-state index contributed by atoms with van der Waals surface area (Å²) in [6.07, 6.45) is 13.6. The third kappa shape index (κ3) is 6.65. The minimum Gasteiger partial charge on any atom is -0.463 e. The van der Waals surface area contributed by atoms with Crippen molar-refractivity contribution in [1.82, 2.24) is 9.55 Å². The minimum atomic E-state index is -0.384. The lowest BCUT2D eigenvalue weighted by molar-refractivity contribution is -0.138. The average molecular weight is 447 g/mol. The second kappa shape index (κ2) is 12.4. The zero-order valence-electron chi connectivity index (χ0n) is 19.2. The summed E-state index contributed by atoms with van der Waals surface area (Å²) in [5, 5.41) is 0.990. The molecule has 0 aliphatic carbocycles. The number of carbonyl (C=O) groups is 2. The number of aromatic nitrogens is 2. The van der Waals surface area contributed by atoms with Gasteiger partial charge in [0.05, 0.1) is 18.9 Å². The van der Waals surface area contributed by atoms with Gasteiger partial charge >= 0.3 is 11.9 Å². The van der Waals surface area contributed by atoms with Gasteiger partial charge < -0.3 is 14.0 Å². The zero-order valence-corrected chi connectivity index (χ0v) is 19.2. The van der Waals surface area contributed by atoms with Gasteiger partial charge in [0.1, 0.15) is 5.65 Å². The Balaban J connectivity index is 1.97. The Bertz CT molecular complexity index is 1090. The van der Waals surface area contributed by atoms with E-state index < -0.39 is 0 Å². The van der Waals surface area contributed by atoms with Gasteiger partial charge in [-0.25, -0.2) is 14.6 Å². The first-order valence-corrected chi connectivity index (χ1v) is 11.4. The van der Waals surface area contributed by atoms with E-state index in [2.05, 4.69) is 4.98 Å². The molecule has 0 fully saturated rings. The highest BCUT2D eigenvalue weighted by Gasteiger charge is 2.12. The summed E-state index contributed by atoms with van der Waals surface area (Å²) >= 11 is 0. The zero-order chi connectivity index (χ0) is 23.5. The van der Waals surface area contributed by atoms with Gasteiger partial charge in [0, 0.05) is 29.9 Å². The van der Waals surface area contributed by atoms with Crippen LogP contribution in [0.4, 0.5) is 0 Å². The Labute approximate surface area is 194 Å². The molecule has 0 N–H and O–H groups in total. The molecule has 0 aliphatic heterocycles. The van der Waals surface area contributed by atoms with Crippen molar-refractivity contribution < 1.29 is 19.1 Å². The maximum Gasteiger partial charge on any atom is 0.330 e. The van der Waals surface area contributed by atoms with Gasteiger partial charge in [0.25, 0.3) is 0 Å². The molecule has 33 heavy (non-hydrogen) atoms. The molecule has 0 atom stereocenters. The highest BCUT2D eigenvalue weighted by Crippen LogP contribution is 2.27. The number of benzene rings is 1. The van der Waals surface area contributed by atoms with Gasteiger partial charge in [-0.1, -0.05) is 44.9 Å². The topological polar surface area (TPSA) is 70.4 Å². The van der Waals surface area contributed by atoms with Crippen LogP contribution in [0, 0.1) is 0 Å². The molecule has 0 spiro atoms. The molecule has 0 radical (unpaired) electrons. The number of unbranched alkanes of at least 4 members (excludes halogenated alkanes) is 2. The monoisotopic (exact) mass is 446 g/mol. The lowest BCUT2D eigenvalue weighted by atomic mass is 10.1. The third-order valence-corrected chi connectivity index (χ3v) is 5.07. The summed E-state index contributed by atoms with van der Waals surface area (Å²) in [4.78, 5) is 28.8. The Hall–Kier alpha value is -3.67. The molecule has 6 nitrogen and oxygen atoms in total. The van der Waals surface area contributed by atoms with Crippen LogP contribution < -0.4 is 0 Å².